The van der Waals surface area contributed by atoms with Crippen molar-refractivity contribution < 1.29 is 37.1 Å². The zero-order valence-corrected chi connectivity index (χ0v) is 11.1. The van der Waals surface area contributed by atoms with Crippen LogP contribution in [-0.2, 0) is 14.4 Å². The van der Waals surface area contributed by atoms with Gasteiger partial charge >= 0.3 is 12.3 Å². The van der Waals surface area contributed by atoms with Crippen LogP contribution in [0.15, 0.2) is 36.6 Å². The smallest absolute Gasteiger partial charge is 0.504 e. The van der Waals surface area contributed by atoms with Gasteiger partial charge in [0.1, 0.15) is 5.75 Å². The third-order valence-corrected chi connectivity index (χ3v) is 2.01. The number of ether oxygens (including phenoxy) is 2. The summed E-state index contributed by atoms with van der Waals surface area (Å²) in [5, 5.41) is 0. The van der Waals surface area contributed by atoms with Gasteiger partial charge in [-0.25, -0.2) is 4.79 Å². The lowest BCUT2D eigenvalue weighted by Crippen LogP contribution is -2.38. The molecular weight excluding hydrogens is 309 g/mol. The van der Waals surface area contributed by atoms with Crippen LogP contribution in [0.2, 0.25) is 0 Å². The van der Waals surface area contributed by atoms with E-state index in [0.717, 1.165) is 36.6 Å². The third-order valence-electron chi connectivity index (χ3n) is 2.01. The Bertz CT molecular complexity index is 543. The number of carbonyl (C=O) groups excluding carboxylic acids is 2. The lowest BCUT2D eigenvalue weighted by molar-refractivity contribution is -0.274. The highest BCUT2D eigenvalue weighted by Gasteiger charge is 2.31. The Hall–Kier alpha value is -2.75. The summed E-state index contributed by atoms with van der Waals surface area (Å²) in [7, 11) is 1.32. The van der Waals surface area contributed by atoms with Crippen molar-refractivity contribution in [3.8, 4) is 5.75 Å². The maximum atomic E-state index is 12.0. The van der Waals surface area contributed by atoms with Gasteiger partial charge in [-0.1, -0.05) is 5.59 Å². The Balaban J connectivity index is 2.46. The molecule has 120 valence electrons. The predicted molar refractivity (Wildman–Crippen MR) is 66.0 cm³/mol. The molecular formula is C12H11F3N2O5. The van der Waals surface area contributed by atoms with E-state index in [4.69, 9.17) is 0 Å². The highest BCUT2D eigenvalue weighted by molar-refractivity contribution is 5.94. The van der Waals surface area contributed by atoms with Crippen molar-refractivity contribution in [1.82, 2.24) is 11.0 Å². The molecule has 0 heterocycles. The summed E-state index contributed by atoms with van der Waals surface area (Å²) in [6.45, 7) is 0. The van der Waals surface area contributed by atoms with Crippen molar-refractivity contribution >= 4 is 11.9 Å². The van der Waals surface area contributed by atoms with Crippen molar-refractivity contribution in [2.24, 2.45) is 0 Å². The second-order valence-corrected chi connectivity index (χ2v) is 3.59. The Kier molecular flexibility index (Phi) is 6.20. The van der Waals surface area contributed by atoms with Gasteiger partial charge in [-0.3, -0.25) is 10.2 Å². The molecule has 1 amide bonds. The van der Waals surface area contributed by atoms with E-state index in [-0.39, 0.29) is 5.56 Å². The lowest BCUT2D eigenvalue weighted by Gasteiger charge is -2.09. The number of hydrogen-bond donors (Lipinski definition) is 2. The van der Waals surface area contributed by atoms with E-state index < -0.39 is 24.0 Å². The normalized spacial score (nSPS) is 11.1. The first-order valence-corrected chi connectivity index (χ1v) is 5.63. The van der Waals surface area contributed by atoms with Gasteiger partial charge in [0.05, 0.1) is 19.4 Å². The molecule has 0 spiro atoms. The summed E-state index contributed by atoms with van der Waals surface area (Å²) in [5.74, 6) is -2.04. The van der Waals surface area contributed by atoms with Crippen molar-refractivity contribution in [2.45, 2.75) is 6.36 Å². The average Bonchev–Trinajstić information content (AvgIpc) is 2.44. The van der Waals surface area contributed by atoms with Crippen LogP contribution in [0.25, 0.3) is 0 Å². The first-order chi connectivity index (χ1) is 10.3. The summed E-state index contributed by atoms with van der Waals surface area (Å²) in [5.41, 5.74) is 3.90. The Morgan fingerprint density at radius 3 is 2.36 bits per heavy atom. The molecule has 10 heteroatoms. The predicted octanol–water partition coefficient (Wildman–Crippen LogP) is 1.44. The van der Waals surface area contributed by atoms with Gasteiger partial charge in [0.15, 0.2) is 0 Å². The number of hydrogen-bond acceptors (Lipinski definition) is 6. The van der Waals surface area contributed by atoms with Gasteiger partial charge in [0.2, 0.25) is 0 Å². The highest BCUT2D eigenvalue weighted by atomic mass is 19.4. The molecule has 0 fully saturated rings. The zero-order valence-electron chi connectivity index (χ0n) is 11.1. The minimum Gasteiger partial charge on any atom is -0.504 e. The van der Waals surface area contributed by atoms with Crippen LogP contribution in [-0.4, -0.2) is 25.3 Å². The Morgan fingerprint density at radius 2 is 1.82 bits per heavy atom. The largest absolute Gasteiger partial charge is 0.573 e. The molecule has 22 heavy (non-hydrogen) atoms. The van der Waals surface area contributed by atoms with Crippen LogP contribution in [0.3, 0.4) is 0 Å². The Morgan fingerprint density at radius 1 is 1.18 bits per heavy atom. The number of methoxy groups -OCH3 is 1. The number of benzene rings is 1. The van der Waals surface area contributed by atoms with E-state index in [9.17, 15) is 22.8 Å². The number of nitrogens with one attached hydrogen (secondary N) is 2. The molecule has 0 radical (unpaired) electrons. The molecule has 0 aliphatic heterocycles. The SMILES string of the molecule is COC=CC(=O)ONNC(=O)c1ccc(OC(F)(F)F)cc1. The first kappa shape index (κ1) is 17.3. The van der Waals surface area contributed by atoms with E-state index in [1.54, 1.807) is 0 Å². The fourth-order valence-corrected chi connectivity index (χ4v) is 1.16. The van der Waals surface area contributed by atoms with Crippen LogP contribution < -0.4 is 15.8 Å². The topological polar surface area (TPSA) is 85.9 Å². The van der Waals surface area contributed by atoms with E-state index >= 15 is 0 Å². The molecule has 0 aromatic heterocycles. The quantitative estimate of drug-likeness (QED) is 0.469. The summed E-state index contributed by atoms with van der Waals surface area (Å²) < 4.78 is 44.0. The maximum Gasteiger partial charge on any atom is 0.573 e. The number of alkyl halides is 3. The Labute approximate surface area is 122 Å². The van der Waals surface area contributed by atoms with Gasteiger partial charge in [-0.15, -0.1) is 13.2 Å². The highest BCUT2D eigenvalue weighted by Crippen LogP contribution is 2.22. The maximum absolute atomic E-state index is 12.0. The summed E-state index contributed by atoms with van der Waals surface area (Å²) in [4.78, 5) is 26.9. The van der Waals surface area contributed by atoms with Crippen LogP contribution in [0.4, 0.5) is 13.2 Å². The molecule has 0 atom stereocenters. The molecule has 0 aliphatic rings. The van der Waals surface area contributed by atoms with E-state index in [1.165, 1.54) is 7.11 Å². The van der Waals surface area contributed by atoms with Gasteiger partial charge in [0, 0.05) is 5.56 Å². The molecule has 0 unspecified atom stereocenters. The zero-order chi connectivity index (χ0) is 16.6. The van der Waals surface area contributed by atoms with Crippen LogP contribution in [0.5, 0.6) is 5.75 Å². The molecule has 0 bridgehead atoms. The summed E-state index contributed by atoms with van der Waals surface area (Å²) in [6.07, 6.45) is -2.80. The third kappa shape index (κ3) is 6.61. The standard InChI is InChI=1S/C12H11F3N2O5/c1-20-7-6-10(18)22-17-16-11(19)8-2-4-9(5-3-8)21-12(13,14)15/h2-7,17H,1H3,(H,16,19). The van der Waals surface area contributed by atoms with Gasteiger partial charge in [-0.05, 0) is 24.3 Å². The van der Waals surface area contributed by atoms with Crippen LogP contribution in [0.1, 0.15) is 10.4 Å². The van der Waals surface area contributed by atoms with Crippen molar-refractivity contribution in [2.75, 3.05) is 7.11 Å². The number of carbonyl (C=O) groups is 2. The van der Waals surface area contributed by atoms with E-state index in [2.05, 4.69) is 14.3 Å². The first-order valence-electron chi connectivity index (χ1n) is 5.63. The van der Waals surface area contributed by atoms with Gasteiger partial charge in [-0.2, -0.15) is 0 Å². The second kappa shape index (κ2) is 7.88. The molecule has 0 saturated carbocycles. The molecule has 0 aliphatic carbocycles. The van der Waals surface area contributed by atoms with Crippen LogP contribution >= 0.6 is 0 Å². The molecule has 7 nitrogen and oxygen atoms in total. The minimum atomic E-state index is -4.81. The minimum absolute atomic E-state index is 0.0190. The summed E-state index contributed by atoms with van der Waals surface area (Å²) >= 11 is 0. The lowest BCUT2D eigenvalue weighted by atomic mass is 10.2. The number of amides is 1. The summed E-state index contributed by atoms with van der Waals surface area (Å²) in [6, 6.07) is 4.14. The molecule has 1 aromatic carbocycles. The van der Waals surface area contributed by atoms with E-state index in [1.807, 2.05) is 11.0 Å². The van der Waals surface area contributed by atoms with Crippen LogP contribution in [0, 0.1) is 0 Å². The van der Waals surface area contributed by atoms with Gasteiger partial charge in [0.25, 0.3) is 5.91 Å². The number of hydrazine groups is 1. The number of rotatable bonds is 6. The fraction of sp³-hybridized carbons (Fsp3) is 0.167. The molecule has 1 aromatic rings. The average molecular weight is 320 g/mol. The van der Waals surface area contributed by atoms with E-state index in [0.29, 0.717) is 0 Å². The van der Waals surface area contributed by atoms with Gasteiger partial charge < -0.3 is 14.3 Å². The molecule has 1 rings (SSSR count). The fourth-order valence-electron chi connectivity index (χ4n) is 1.16. The molecule has 0 saturated heterocycles. The van der Waals surface area contributed by atoms with Crippen molar-refractivity contribution in [3.05, 3.63) is 42.2 Å². The molecule has 2 N–H and O–H groups in total. The number of halogens is 3. The second-order valence-electron chi connectivity index (χ2n) is 3.59. The van der Waals surface area contributed by atoms with Crippen molar-refractivity contribution in [1.29, 1.82) is 0 Å². The van der Waals surface area contributed by atoms with Crippen molar-refractivity contribution in [3.63, 3.8) is 0 Å². The monoisotopic (exact) mass is 320 g/mol.